The molecule has 1 heterocycles. The molecule has 0 radical (unpaired) electrons. The van der Waals surface area contributed by atoms with Crippen LogP contribution in [-0.2, 0) is 4.74 Å². The molecular formula is C25H19NO2. The van der Waals surface area contributed by atoms with Crippen LogP contribution in [0, 0.1) is 0 Å². The average molecular weight is 365 g/mol. The Kier molecular flexibility index (Phi) is 3.87. The van der Waals surface area contributed by atoms with Gasteiger partial charge in [-0.05, 0) is 67.9 Å². The Bertz CT molecular complexity index is 1410. The molecule has 0 saturated heterocycles. The molecule has 1 aliphatic rings. The van der Waals surface area contributed by atoms with Crippen LogP contribution in [0.1, 0.15) is 17.3 Å². The van der Waals surface area contributed by atoms with Gasteiger partial charge < -0.3 is 10.1 Å². The number of hydrogen-bond donors (Lipinski definition) is 1. The van der Waals surface area contributed by atoms with Crippen molar-refractivity contribution in [3.8, 4) is 0 Å². The molecule has 136 valence electrons. The van der Waals surface area contributed by atoms with Crippen molar-refractivity contribution in [1.82, 2.24) is 5.32 Å². The van der Waals surface area contributed by atoms with Gasteiger partial charge in [-0.15, -0.1) is 0 Å². The molecule has 0 saturated carbocycles. The minimum Gasteiger partial charge on any atom is -0.462 e. The first-order chi connectivity index (χ1) is 13.8. The van der Waals surface area contributed by atoms with Crippen LogP contribution in [0.2, 0.25) is 0 Å². The third-order valence-corrected chi connectivity index (χ3v) is 5.30. The molecule has 0 aromatic heterocycles. The lowest BCUT2D eigenvalue weighted by atomic mass is 9.95. The van der Waals surface area contributed by atoms with Gasteiger partial charge in [0.05, 0.1) is 12.2 Å². The van der Waals surface area contributed by atoms with Crippen LogP contribution in [0.4, 0.5) is 0 Å². The highest BCUT2D eigenvalue weighted by atomic mass is 16.5. The van der Waals surface area contributed by atoms with E-state index in [4.69, 9.17) is 4.74 Å². The van der Waals surface area contributed by atoms with E-state index in [1.165, 1.54) is 26.6 Å². The Labute approximate surface area is 162 Å². The normalized spacial score (nSPS) is 12.8. The van der Waals surface area contributed by atoms with E-state index in [1.54, 1.807) is 0 Å². The van der Waals surface area contributed by atoms with Gasteiger partial charge in [0.25, 0.3) is 0 Å². The molecule has 4 aromatic rings. The minimum atomic E-state index is -0.281. The quantitative estimate of drug-likeness (QED) is 0.432. The van der Waals surface area contributed by atoms with Crippen molar-refractivity contribution in [2.45, 2.75) is 6.92 Å². The smallest absolute Gasteiger partial charge is 0.338 e. The van der Waals surface area contributed by atoms with Crippen molar-refractivity contribution >= 4 is 50.6 Å². The Morgan fingerprint density at radius 2 is 1.61 bits per heavy atom. The predicted molar refractivity (Wildman–Crippen MR) is 115 cm³/mol. The summed E-state index contributed by atoms with van der Waals surface area (Å²) in [6.07, 6.45) is 8.11. The van der Waals surface area contributed by atoms with E-state index in [1.807, 2.05) is 43.6 Å². The Balaban J connectivity index is 1.85. The third kappa shape index (κ3) is 2.55. The lowest BCUT2D eigenvalue weighted by Crippen LogP contribution is -2.25. The monoisotopic (exact) mass is 365 g/mol. The summed E-state index contributed by atoms with van der Waals surface area (Å²) in [5.41, 5.74) is 0.586. The first-order valence-electron chi connectivity index (χ1n) is 9.45. The number of carbonyl (C=O) groups excluding carboxylic acids is 1. The molecular weight excluding hydrogens is 346 g/mol. The molecule has 28 heavy (non-hydrogen) atoms. The molecule has 3 nitrogen and oxygen atoms in total. The highest BCUT2D eigenvalue weighted by Crippen LogP contribution is 2.30. The number of benzene rings is 4. The average Bonchev–Trinajstić information content (AvgIpc) is 2.98. The number of allylic oxidation sites excluding steroid dienone is 1. The standard InChI is InChI=1S/C25H19NO2/c1-2-28-25(27)17-6-5-16-7-9-22-21-10-8-18-15-26-13-3-4-19(18)20(21)11-12-23(22)24(16)14-17/h3-15,26H,2H2,1H3. The molecule has 0 amide bonds. The van der Waals surface area contributed by atoms with Crippen molar-refractivity contribution in [3.63, 3.8) is 0 Å². The Morgan fingerprint density at radius 1 is 0.893 bits per heavy atom. The summed E-state index contributed by atoms with van der Waals surface area (Å²) in [7, 11) is 0. The summed E-state index contributed by atoms with van der Waals surface area (Å²) in [5.74, 6) is -0.281. The van der Waals surface area contributed by atoms with Gasteiger partial charge in [0.15, 0.2) is 0 Å². The van der Waals surface area contributed by atoms with E-state index in [0.717, 1.165) is 16.2 Å². The van der Waals surface area contributed by atoms with E-state index in [0.29, 0.717) is 12.2 Å². The number of fused-ring (bicyclic) bond motifs is 7. The van der Waals surface area contributed by atoms with E-state index in [9.17, 15) is 4.79 Å². The second kappa shape index (κ2) is 6.54. The van der Waals surface area contributed by atoms with Gasteiger partial charge in [0.2, 0.25) is 0 Å². The van der Waals surface area contributed by atoms with Crippen LogP contribution in [0.5, 0.6) is 0 Å². The van der Waals surface area contributed by atoms with E-state index in [2.05, 4.69) is 47.8 Å². The summed E-state index contributed by atoms with van der Waals surface area (Å²) in [5, 5.41) is 12.5. The van der Waals surface area contributed by atoms with Crippen molar-refractivity contribution in [2.24, 2.45) is 0 Å². The Morgan fingerprint density at radius 3 is 2.50 bits per heavy atom. The number of ether oxygens (including phenoxy) is 1. The predicted octanol–water partition coefficient (Wildman–Crippen LogP) is 3.96. The summed E-state index contributed by atoms with van der Waals surface area (Å²) >= 11 is 0. The fourth-order valence-electron chi connectivity index (χ4n) is 3.98. The zero-order chi connectivity index (χ0) is 19.1. The maximum atomic E-state index is 12.2. The van der Waals surface area contributed by atoms with Crippen LogP contribution >= 0.6 is 0 Å². The zero-order valence-electron chi connectivity index (χ0n) is 15.5. The highest BCUT2D eigenvalue weighted by Gasteiger charge is 2.10. The van der Waals surface area contributed by atoms with Crippen molar-refractivity contribution in [1.29, 1.82) is 0 Å². The van der Waals surface area contributed by atoms with Crippen molar-refractivity contribution in [2.75, 3.05) is 6.61 Å². The molecule has 5 rings (SSSR count). The number of nitrogens with one attached hydrogen (secondary N) is 1. The lowest BCUT2D eigenvalue weighted by molar-refractivity contribution is 0.0526. The van der Waals surface area contributed by atoms with Crippen molar-refractivity contribution < 1.29 is 9.53 Å². The third-order valence-electron chi connectivity index (χ3n) is 5.30. The molecule has 0 unspecified atom stereocenters. The summed E-state index contributed by atoms with van der Waals surface area (Å²) in [6.45, 7) is 2.20. The number of rotatable bonds is 2. The molecule has 3 heteroatoms. The maximum Gasteiger partial charge on any atom is 0.338 e. The molecule has 0 bridgehead atoms. The van der Waals surface area contributed by atoms with E-state index in [-0.39, 0.29) is 5.97 Å². The first kappa shape index (κ1) is 16.6. The second-order valence-corrected chi connectivity index (χ2v) is 6.88. The molecule has 0 fully saturated rings. The SMILES string of the molecule is CCOC(=O)c1ccc2ccc3c4ccc5c(c4ccc3c2c1)=CC=CNC=5. The van der Waals surface area contributed by atoms with Gasteiger partial charge in [-0.2, -0.15) is 0 Å². The number of esters is 1. The van der Waals surface area contributed by atoms with Crippen molar-refractivity contribution in [3.05, 3.63) is 82.9 Å². The summed E-state index contributed by atoms with van der Waals surface area (Å²) in [6, 6.07) is 18.7. The van der Waals surface area contributed by atoms with E-state index < -0.39 is 0 Å². The van der Waals surface area contributed by atoms with E-state index >= 15 is 0 Å². The second-order valence-electron chi connectivity index (χ2n) is 6.88. The Hall–Kier alpha value is -3.59. The fourth-order valence-corrected chi connectivity index (χ4v) is 3.98. The van der Waals surface area contributed by atoms with Gasteiger partial charge in [0, 0.05) is 12.4 Å². The zero-order valence-corrected chi connectivity index (χ0v) is 15.5. The minimum absolute atomic E-state index is 0.281. The maximum absolute atomic E-state index is 12.2. The molecule has 0 aliphatic carbocycles. The van der Waals surface area contributed by atoms with Gasteiger partial charge >= 0.3 is 5.97 Å². The number of carbonyl (C=O) groups is 1. The lowest BCUT2D eigenvalue weighted by Gasteiger charge is -2.10. The molecule has 1 N–H and O–H groups in total. The molecule has 4 aromatic carbocycles. The van der Waals surface area contributed by atoms with Crippen LogP contribution in [0.25, 0.3) is 44.6 Å². The fraction of sp³-hybridized carbons (Fsp3) is 0.0800. The van der Waals surface area contributed by atoms with Gasteiger partial charge in [-0.1, -0.05) is 48.5 Å². The van der Waals surface area contributed by atoms with Gasteiger partial charge in [-0.25, -0.2) is 4.79 Å². The first-order valence-corrected chi connectivity index (χ1v) is 9.45. The van der Waals surface area contributed by atoms with Gasteiger partial charge in [0.1, 0.15) is 0 Å². The van der Waals surface area contributed by atoms with Crippen LogP contribution in [0.15, 0.2) is 66.9 Å². The topological polar surface area (TPSA) is 38.3 Å². The highest BCUT2D eigenvalue weighted by molar-refractivity contribution is 6.18. The summed E-state index contributed by atoms with van der Waals surface area (Å²) in [4.78, 5) is 12.2. The van der Waals surface area contributed by atoms with Crippen LogP contribution in [-0.4, -0.2) is 12.6 Å². The molecule has 1 aliphatic heterocycles. The van der Waals surface area contributed by atoms with Gasteiger partial charge in [-0.3, -0.25) is 0 Å². The van der Waals surface area contributed by atoms with Crippen LogP contribution in [0.3, 0.4) is 0 Å². The number of hydrogen-bond acceptors (Lipinski definition) is 3. The summed E-state index contributed by atoms with van der Waals surface area (Å²) < 4.78 is 5.17. The van der Waals surface area contributed by atoms with Crippen LogP contribution < -0.4 is 15.8 Å². The molecule has 0 spiro atoms. The molecule has 0 atom stereocenters. The largest absolute Gasteiger partial charge is 0.462 e.